The molecule has 0 radical (unpaired) electrons. The number of nitrogens with two attached hydrogens (primary N) is 4. The van der Waals surface area contributed by atoms with Gasteiger partial charge in [-0.2, -0.15) is 0 Å². The first-order valence-electron chi connectivity index (χ1n) is 20.5. The van der Waals surface area contributed by atoms with Crippen molar-refractivity contribution in [3.8, 4) is 0 Å². The van der Waals surface area contributed by atoms with E-state index < -0.39 is 47.8 Å². The summed E-state index contributed by atoms with van der Waals surface area (Å²) in [5.41, 5.74) is 24.8. The predicted molar refractivity (Wildman–Crippen MR) is 238 cm³/mol. The van der Waals surface area contributed by atoms with Crippen molar-refractivity contribution in [2.75, 3.05) is 19.7 Å². The van der Waals surface area contributed by atoms with Crippen molar-refractivity contribution in [1.29, 1.82) is 0 Å². The molecule has 4 atom stereocenters. The van der Waals surface area contributed by atoms with Gasteiger partial charge in [0.05, 0.1) is 13.2 Å². The molecule has 0 aliphatic rings. The monoisotopic (exact) mass is 855 g/mol. The van der Waals surface area contributed by atoms with E-state index in [0.29, 0.717) is 23.6 Å². The van der Waals surface area contributed by atoms with Gasteiger partial charge in [-0.05, 0) is 71.8 Å². The Morgan fingerprint density at radius 1 is 0.623 bits per heavy atom. The highest BCUT2D eigenvalue weighted by Gasteiger charge is 2.31. The van der Waals surface area contributed by atoms with Gasteiger partial charge in [0.1, 0.15) is 24.2 Å². The highest BCUT2D eigenvalue weighted by atomic mass is 35.5. The van der Waals surface area contributed by atoms with E-state index in [1.165, 1.54) is 0 Å². The van der Waals surface area contributed by atoms with Gasteiger partial charge in [0, 0.05) is 30.8 Å². The Bertz CT molecular complexity index is 2060. The summed E-state index contributed by atoms with van der Waals surface area (Å²) >= 11 is 6.16. The Balaban J connectivity index is 1.56. The highest BCUT2D eigenvalue weighted by Crippen LogP contribution is 2.20. The van der Waals surface area contributed by atoms with Crippen LogP contribution in [0.5, 0.6) is 0 Å². The molecular formula is C45H58ClN9O6. The van der Waals surface area contributed by atoms with Crippen LogP contribution in [-0.4, -0.2) is 79.4 Å². The molecule has 0 fully saturated rings. The lowest BCUT2D eigenvalue weighted by atomic mass is 9.98. The Kier molecular flexibility index (Phi) is 20.0. The fourth-order valence-corrected chi connectivity index (χ4v) is 6.80. The molecule has 4 rings (SSSR count). The number of fused-ring (bicyclic) bond motifs is 1. The first-order valence-corrected chi connectivity index (χ1v) is 20.9. The second-order valence-corrected chi connectivity index (χ2v) is 15.2. The number of ether oxygens (including phenoxy) is 1. The molecule has 0 saturated carbocycles. The molecule has 0 bridgehead atoms. The van der Waals surface area contributed by atoms with E-state index in [1.807, 2.05) is 72.8 Å². The normalized spacial score (nSPS) is 13.0. The number of guanidine groups is 1. The summed E-state index contributed by atoms with van der Waals surface area (Å²) in [6.07, 6.45) is 3.76. The first-order chi connectivity index (χ1) is 29.4. The minimum absolute atomic E-state index is 0.00520. The van der Waals surface area contributed by atoms with Crippen LogP contribution in [-0.2, 0) is 48.2 Å². The summed E-state index contributed by atoms with van der Waals surface area (Å²) in [7, 11) is 0. The van der Waals surface area contributed by atoms with Gasteiger partial charge in [0.2, 0.25) is 29.5 Å². The summed E-state index contributed by atoms with van der Waals surface area (Å²) < 4.78 is 5.90. The largest absolute Gasteiger partial charge is 0.374 e. The van der Waals surface area contributed by atoms with Gasteiger partial charge >= 0.3 is 0 Å². The zero-order valence-electron chi connectivity index (χ0n) is 34.3. The highest BCUT2D eigenvalue weighted by molar-refractivity contribution is 6.30. The quantitative estimate of drug-likeness (QED) is 0.0262. The SMILES string of the molecule is NCCCCCCC(=O)N[C@@H](COCc1ccccc1)C(=O)N[C@H](Cc1ccc(Cl)cc1)C(=O)N[C@@H](CCCN=C(N)N)C(=O)N[C@@H](Cc1cccc2ccccc12)C(N)=O. The van der Waals surface area contributed by atoms with Gasteiger partial charge in [-0.1, -0.05) is 109 Å². The molecule has 0 heterocycles. The van der Waals surface area contributed by atoms with Crippen molar-refractivity contribution in [3.63, 3.8) is 0 Å². The number of benzene rings is 4. The van der Waals surface area contributed by atoms with Crippen molar-refractivity contribution in [2.24, 2.45) is 27.9 Å². The van der Waals surface area contributed by atoms with E-state index >= 15 is 0 Å². The number of unbranched alkanes of at least 4 members (excludes halogenated alkanes) is 3. The van der Waals surface area contributed by atoms with E-state index in [4.69, 9.17) is 39.3 Å². The molecule has 4 aromatic rings. The topological polar surface area (TPSA) is 259 Å². The van der Waals surface area contributed by atoms with Crippen LogP contribution in [0.2, 0.25) is 5.02 Å². The summed E-state index contributed by atoms with van der Waals surface area (Å²) in [5, 5.41) is 13.4. The molecule has 0 spiro atoms. The van der Waals surface area contributed by atoms with Gasteiger partial charge in [0.25, 0.3) is 0 Å². The number of carbonyl (C=O) groups excluding carboxylic acids is 5. The number of halogens is 1. The number of rotatable bonds is 26. The molecular weight excluding hydrogens is 798 g/mol. The van der Waals surface area contributed by atoms with Crippen LogP contribution >= 0.6 is 11.6 Å². The molecule has 12 N–H and O–H groups in total. The third kappa shape index (κ3) is 16.9. The minimum Gasteiger partial charge on any atom is -0.374 e. The molecule has 0 aromatic heterocycles. The fourth-order valence-electron chi connectivity index (χ4n) is 6.67. The number of hydrogen-bond acceptors (Lipinski definition) is 8. The van der Waals surface area contributed by atoms with Crippen LogP contribution in [0, 0.1) is 0 Å². The molecule has 0 aliphatic heterocycles. The van der Waals surface area contributed by atoms with Crippen LogP contribution in [0.4, 0.5) is 0 Å². The van der Waals surface area contributed by atoms with Crippen LogP contribution in [0.15, 0.2) is 102 Å². The average Bonchev–Trinajstić information content (AvgIpc) is 3.24. The molecule has 0 aliphatic carbocycles. The maximum absolute atomic E-state index is 14.3. The third-order valence-electron chi connectivity index (χ3n) is 9.93. The molecule has 326 valence electrons. The summed E-state index contributed by atoms with van der Waals surface area (Å²) in [4.78, 5) is 72.3. The molecule has 4 aromatic carbocycles. The van der Waals surface area contributed by atoms with Crippen molar-refractivity contribution >= 4 is 57.9 Å². The lowest BCUT2D eigenvalue weighted by Crippen LogP contribution is -2.59. The van der Waals surface area contributed by atoms with E-state index in [1.54, 1.807) is 24.3 Å². The molecule has 15 nitrogen and oxygen atoms in total. The Morgan fingerprint density at radius 2 is 1.26 bits per heavy atom. The second-order valence-electron chi connectivity index (χ2n) is 14.8. The Hall–Kier alpha value is -6.03. The number of nitrogens with one attached hydrogen (secondary N) is 4. The van der Waals surface area contributed by atoms with Crippen molar-refractivity contribution in [1.82, 2.24) is 21.3 Å². The second kappa shape index (κ2) is 25.6. The van der Waals surface area contributed by atoms with Crippen LogP contribution < -0.4 is 44.2 Å². The van der Waals surface area contributed by atoms with Gasteiger partial charge in [-0.3, -0.25) is 29.0 Å². The third-order valence-corrected chi connectivity index (χ3v) is 10.2. The Morgan fingerprint density at radius 3 is 1.98 bits per heavy atom. The number of carbonyl (C=O) groups is 5. The van der Waals surface area contributed by atoms with Crippen LogP contribution in [0.25, 0.3) is 10.8 Å². The lowest BCUT2D eigenvalue weighted by Gasteiger charge is -2.26. The lowest BCUT2D eigenvalue weighted by molar-refractivity contribution is -0.135. The molecule has 61 heavy (non-hydrogen) atoms. The van der Waals surface area contributed by atoms with E-state index in [-0.39, 0.29) is 63.7 Å². The zero-order chi connectivity index (χ0) is 44.0. The standard InChI is InChI=1S/C45H58ClN9O6/c46-34-22-20-30(21-23-34)26-38(55-44(60)39(29-61-28-31-12-4-3-5-13-31)52-40(56)19-6-1-2-9-24-47)43(59)53-36(18-11-25-51-45(49)50)42(58)54-37(41(48)57)27-33-16-10-15-32-14-7-8-17-35(32)33/h3-5,7-8,10,12-17,20-23,36-39H,1-2,6,9,11,18-19,24-29,47H2,(H2,48,57)(H,52,56)(H,53,59)(H,54,58)(H,55,60)(H4,49,50,51)/t36-,37-,38+,39-/m0/s1. The van der Waals surface area contributed by atoms with Crippen LogP contribution in [0.3, 0.4) is 0 Å². The van der Waals surface area contributed by atoms with Crippen molar-refractivity contribution in [3.05, 3.63) is 119 Å². The van der Waals surface area contributed by atoms with Crippen molar-refractivity contribution in [2.45, 2.75) is 88.6 Å². The Labute approximate surface area is 361 Å². The van der Waals surface area contributed by atoms with E-state index in [9.17, 15) is 24.0 Å². The molecule has 5 amide bonds. The van der Waals surface area contributed by atoms with Gasteiger partial charge in [-0.15, -0.1) is 0 Å². The molecule has 0 saturated heterocycles. The van der Waals surface area contributed by atoms with E-state index in [0.717, 1.165) is 41.2 Å². The number of nitrogens with zero attached hydrogens (tertiary/aromatic N) is 1. The summed E-state index contributed by atoms with van der Waals surface area (Å²) in [5.74, 6) is -3.30. The van der Waals surface area contributed by atoms with E-state index in [2.05, 4.69) is 26.3 Å². The van der Waals surface area contributed by atoms with Crippen LogP contribution in [0.1, 0.15) is 61.6 Å². The number of amides is 5. The summed E-state index contributed by atoms with van der Waals surface area (Å²) in [6, 6.07) is 24.7. The first kappa shape index (κ1) is 47.6. The predicted octanol–water partition coefficient (Wildman–Crippen LogP) is 2.88. The van der Waals surface area contributed by atoms with Crippen molar-refractivity contribution < 1.29 is 28.7 Å². The van der Waals surface area contributed by atoms with Gasteiger partial charge < -0.3 is 48.9 Å². The molecule has 0 unspecified atom stereocenters. The smallest absolute Gasteiger partial charge is 0.245 e. The number of primary amides is 1. The zero-order valence-corrected chi connectivity index (χ0v) is 35.1. The average molecular weight is 856 g/mol. The molecule has 16 heteroatoms. The van der Waals surface area contributed by atoms with Gasteiger partial charge in [-0.25, -0.2) is 0 Å². The fraction of sp³-hybridized carbons (Fsp3) is 0.378. The minimum atomic E-state index is -1.24. The van der Waals surface area contributed by atoms with Gasteiger partial charge in [0.15, 0.2) is 5.96 Å². The number of aliphatic imine (C=N–C) groups is 1. The number of hydrogen-bond donors (Lipinski definition) is 8. The maximum Gasteiger partial charge on any atom is 0.245 e. The summed E-state index contributed by atoms with van der Waals surface area (Å²) in [6.45, 7) is 0.717. The maximum atomic E-state index is 14.3.